The molecule has 0 aliphatic carbocycles. The SMILES string of the molecule is CCOc1ccc(Br)cc1S(=O)(=O)NCC(N)=O. The number of nitrogens with two attached hydrogens (primary N) is 1. The van der Waals surface area contributed by atoms with Crippen molar-refractivity contribution >= 4 is 31.9 Å². The zero-order valence-electron chi connectivity index (χ0n) is 9.64. The Morgan fingerprint density at radius 2 is 2.17 bits per heavy atom. The molecule has 3 N–H and O–H groups in total. The van der Waals surface area contributed by atoms with Crippen LogP contribution in [0.15, 0.2) is 27.6 Å². The van der Waals surface area contributed by atoms with E-state index < -0.39 is 22.5 Å². The van der Waals surface area contributed by atoms with E-state index in [1.807, 2.05) is 0 Å². The van der Waals surface area contributed by atoms with Crippen LogP contribution in [0.3, 0.4) is 0 Å². The average molecular weight is 337 g/mol. The number of carbonyl (C=O) groups excluding carboxylic acids is 1. The normalized spacial score (nSPS) is 11.2. The maximum absolute atomic E-state index is 12.0. The second-order valence-corrected chi connectivity index (χ2v) is 5.97. The Bertz CT molecular complexity index is 545. The molecule has 0 heterocycles. The first kappa shape index (κ1) is 14.9. The molecule has 0 saturated heterocycles. The largest absolute Gasteiger partial charge is 0.492 e. The molecule has 0 fully saturated rings. The molecule has 18 heavy (non-hydrogen) atoms. The fourth-order valence-electron chi connectivity index (χ4n) is 1.21. The van der Waals surface area contributed by atoms with E-state index in [1.165, 1.54) is 12.1 Å². The summed E-state index contributed by atoms with van der Waals surface area (Å²) in [7, 11) is -3.84. The number of ether oxygens (including phenoxy) is 1. The van der Waals surface area contributed by atoms with Gasteiger partial charge in [0.05, 0.1) is 13.2 Å². The Hall–Kier alpha value is -1.12. The van der Waals surface area contributed by atoms with Crippen molar-refractivity contribution in [2.75, 3.05) is 13.2 Å². The van der Waals surface area contributed by atoms with Crippen LogP contribution in [0.5, 0.6) is 5.75 Å². The minimum absolute atomic E-state index is 0.0417. The summed E-state index contributed by atoms with van der Waals surface area (Å²) in [5.41, 5.74) is 4.90. The van der Waals surface area contributed by atoms with Crippen LogP contribution < -0.4 is 15.2 Å². The molecule has 0 unspecified atom stereocenters. The summed E-state index contributed by atoms with van der Waals surface area (Å²) in [6, 6.07) is 4.60. The minimum atomic E-state index is -3.84. The molecule has 1 amide bonds. The van der Waals surface area contributed by atoms with E-state index in [9.17, 15) is 13.2 Å². The summed E-state index contributed by atoms with van der Waals surface area (Å²) >= 11 is 3.18. The Morgan fingerprint density at radius 3 is 2.72 bits per heavy atom. The molecular weight excluding hydrogens is 324 g/mol. The maximum Gasteiger partial charge on any atom is 0.244 e. The number of rotatable bonds is 6. The molecular formula is C10H13BrN2O4S. The zero-order chi connectivity index (χ0) is 13.8. The van der Waals surface area contributed by atoms with E-state index in [2.05, 4.69) is 20.7 Å². The predicted molar refractivity (Wildman–Crippen MR) is 69.7 cm³/mol. The average Bonchev–Trinajstić information content (AvgIpc) is 2.29. The third-order valence-corrected chi connectivity index (χ3v) is 3.85. The molecule has 0 aliphatic heterocycles. The molecule has 0 atom stereocenters. The lowest BCUT2D eigenvalue weighted by molar-refractivity contribution is -0.116. The van der Waals surface area contributed by atoms with Gasteiger partial charge in [0, 0.05) is 4.47 Å². The Morgan fingerprint density at radius 1 is 1.50 bits per heavy atom. The third kappa shape index (κ3) is 3.97. The number of nitrogens with one attached hydrogen (secondary N) is 1. The molecule has 1 rings (SSSR count). The van der Waals surface area contributed by atoms with Gasteiger partial charge in [0.25, 0.3) is 0 Å². The Labute approximate surface area is 114 Å². The quantitative estimate of drug-likeness (QED) is 0.795. The Kier molecular flexibility index (Phi) is 5.12. The summed E-state index contributed by atoms with van der Waals surface area (Å²) in [4.78, 5) is 10.6. The highest BCUT2D eigenvalue weighted by Gasteiger charge is 2.20. The molecule has 0 bridgehead atoms. The molecule has 0 saturated carbocycles. The van der Waals surface area contributed by atoms with E-state index in [0.717, 1.165) is 0 Å². The van der Waals surface area contributed by atoms with Crippen LogP contribution in [0.1, 0.15) is 6.92 Å². The van der Waals surface area contributed by atoms with Crippen molar-refractivity contribution in [2.24, 2.45) is 5.73 Å². The van der Waals surface area contributed by atoms with Gasteiger partial charge in [0.15, 0.2) is 0 Å². The van der Waals surface area contributed by atoms with E-state index >= 15 is 0 Å². The second kappa shape index (κ2) is 6.17. The van der Waals surface area contributed by atoms with Crippen molar-refractivity contribution < 1.29 is 17.9 Å². The van der Waals surface area contributed by atoms with Gasteiger partial charge in [-0.3, -0.25) is 4.79 Å². The highest BCUT2D eigenvalue weighted by atomic mass is 79.9. The van der Waals surface area contributed by atoms with E-state index in [0.29, 0.717) is 11.1 Å². The van der Waals surface area contributed by atoms with Gasteiger partial charge in [-0.2, -0.15) is 0 Å². The smallest absolute Gasteiger partial charge is 0.244 e. The molecule has 0 aromatic heterocycles. The summed E-state index contributed by atoms with van der Waals surface area (Å²) in [6.07, 6.45) is 0. The van der Waals surface area contributed by atoms with Gasteiger partial charge in [-0.25, -0.2) is 13.1 Å². The van der Waals surface area contributed by atoms with E-state index in [-0.39, 0.29) is 10.6 Å². The molecule has 0 spiro atoms. The van der Waals surface area contributed by atoms with Gasteiger partial charge in [-0.1, -0.05) is 15.9 Å². The van der Waals surface area contributed by atoms with Gasteiger partial charge in [-0.05, 0) is 25.1 Å². The van der Waals surface area contributed by atoms with E-state index in [4.69, 9.17) is 10.5 Å². The number of hydrogen-bond acceptors (Lipinski definition) is 4. The van der Waals surface area contributed by atoms with Gasteiger partial charge in [-0.15, -0.1) is 0 Å². The van der Waals surface area contributed by atoms with Crippen LogP contribution in [0.4, 0.5) is 0 Å². The summed E-state index contributed by atoms with van der Waals surface area (Å²) in [6.45, 7) is 1.62. The van der Waals surface area contributed by atoms with Crippen LogP contribution in [0.2, 0.25) is 0 Å². The fraction of sp³-hybridized carbons (Fsp3) is 0.300. The fourth-order valence-corrected chi connectivity index (χ4v) is 2.88. The van der Waals surface area contributed by atoms with Gasteiger partial charge >= 0.3 is 0 Å². The van der Waals surface area contributed by atoms with Crippen LogP contribution in [-0.4, -0.2) is 27.5 Å². The number of amides is 1. The molecule has 100 valence electrons. The zero-order valence-corrected chi connectivity index (χ0v) is 12.0. The van der Waals surface area contributed by atoms with Gasteiger partial charge < -0.3 is 10.5 Å². The number of carbonyl (C=O) groups is 1. The van der Waals surface area contributed by atoms with Gasteiger partial charge in [0.1, 0.15) is 10.6 Å². The van der Waals surface area contributed by atoms with Crippen molar-refractivity contribution in [3.63, 3.8) is 0 Å². The maximum atomic E-state index is 12.0. The van der Waals surface area contributed by atoms with Gasteiger partial charge in [0.2, 0.25) is 15.9 Å². The number of primary amides is 1. The van der Waals surface area contributed by atoms with Crippen molar-refractivity contribution in [2.45, 2.75) is 11.8 Å². The van der Waals surface area contributed by atoms with Crippen LogP contribution in [-0.2, 0) is 14.8 Å². The Balaban J connectivity index is 3.13. The lowest BCUT2D eigenvalue weighted by Gasteiger charge is -2.11. The molecule has 1 aromatic carbocycles. The molecule has 0 radical (unpaired) electrons. The third-order valence-electron chi connectivity index (χ3n) is 1.93. The monoisotopic (exact) mass is 336 g/mol. The number of halogens is 1. The molecule has 1 aromatic rings. The van der Waals surface area contributed by atoms with E-state index in [1.54, 1.807) is 13.0 Å². The van der Waals surface area contributed by atoms with Crippen LogP contribution >= 0.6 is 15.9 Å². The second-order valence-electron chi connectivity index (χ2n) is 3.31. The lowest BCUT2D eigenvalue weighted by Crippen LogP contribution is -2.33. The predicted octanol–water partition coefficient (Wildman–Crippen LogP) is 0.611. The van der Waals surface area contributed by atoms with Crippen LogP contribution in [0.25, 0.3) is 0 Å². The molecule has 8 heteroatoms. The number of benzene rings is 1. The van der Waals surface area contributed by atoms with Crippen LogP contribution in [0, 0.1) is 0 Å². The number of hydrogen-bond donors (Lipinski definition) is 2. The highest BCUT2D eigenvalue weighted by molar-refractivity contribution is 9.10. The van der Waals surface area contributed by atoms with Crippen molar-refractivity contribution in [3.05, 3.63) is 22.7 Å². The number of sulfonamides is 1. The summed E-state index contributed by atoms with van der Waals surface area (Å²) < 4.78 is 31.8. The first-order valence-corrected chi connectivity index (χ1v) is 7.34. The van der Waals surface area contributed by atoms with Crippen molar-refractivity contribution in [3.8, 4) is 5.75 Å². The molecule has 6 nitrogen and oxygen atoms in total. The highest BCUT2D eigenvalue weighted by Crippen LogP contribution is 2.27. The summed E-state index contributed by atoms with van der Waals surface area (Å²) in [5.74, 6) is -0.538. The van der Waals surface area contributed by atoms with Crippen molar-refractivity contribution in [1.29, 1.82) is 0 Å². The summed E-state index contributed by atoms with van der Waals surface area (Å²) in [5, 5.41) is 0. The molecule has 0 aliphatic rings. The topological polar surface area (TPSA) is 98.5 Å². The minimum Gasteiger partial charge on any atom is -0.492 e. The standard InChI is InChI=1S/C10H13BrN2O4S/c1-2-17-8-4-3-7(11)5-9(8)18(15,16)13-6-10(12)14/h3-5,13H,2,6H2,1H3,(H2,12,14). The first-order chi connectivity index (χ1) is 8.36. The van der Waals surface area contributed by atoms with Crippen molar-refractivity contribution in [1.82, 2.24) is 4.72 Å². The first-order valence-electron chi connectivity index (χ1n) is 5.07. The lowest BCUT2D eigenvalue weighted by atomic mass is 10.3.